The molecule has 206 valence electrons. The lowest BCUT2D eigenvalue weighted by Gasteiger charge is -2.33. The smallest absolute Gasteiger partial charge is 0.0252 e. The summed E-state index contributed by atoms with van der Waals surface area (Å²) in [5.41, 5.74) is 11.1. The van der Waals surface area contributed by atoms with Crippen LogP contribution in [0.2, 0.25) is 0 Å². The van der Waals surface area contributed by atoms with Crippen molar-refractivity contribution in [3.63, 3.8) is 0 Å². The van der Waals surface area contributed by atoms with E-state index in [1.54, 1.807) is 11.1 Å². The fourth-order valence-corrected chi connectivity index (χ4v) is 6.55. The summed E-state index contributed by atoms with van der Waals surface area (Å²) in [5.74, 6) is 6.95. The van der Waals surface area contributed by atoms with Crippen molar-refractivity contribution in [2.75, 3.05) is 0 Å². The Hall–Kier alpha value is -2.78. The quantitative estimate of drug-likeness (QED) is 0.147. The average Bonchev–Trinajstić information content (AvgIpc) is 3.20. The van der Waals surface area contributed by atoms with Crippen molar-refractivity contribution in [3.05, 3.63) is 94.0 Å². The molecule has 0 fully saturated rings. The predicted octanol–water partition coefficient (Wildman–Crippen LogP) is 11.5. The van der Waals surface area contributed by atoms with Crippen LogP contribution in [0.3, 0.4) is 0 Å². The van der Waals surface area contributed by atoms with E-state index < -0.39 is 0 Å². The van der Waals surface area contributed by atoms with Gasteiger partial charge in [0.2, 0.25) is 0 Å². The standard InChI is InChI=1S/C39H50/c1-5-7-9-11-13-15-27-39(28-16-14-12-10-8-6-2)37-29-32(4)19-25-35(37)36-26-24-34(30-38(36)39)23-22-33-20-17-31(3)18-21-33/h17-21,24-26,29-30H,5-16,27-28H2,1-4H3. The van der Waals surface area contributed by atoms with Gasteiger partial charge in [-0.2, -0.15) is 0 Å². The molecule has 4 rings (SSSR count). The van der Waals surface area contributed by atoms with Crippen molar-refractivity contribution >= 4 is 0 Å². The van der Waals surface area contributed by atoms with Crippen LogP contribution in [0, 0.1) is 25.7 Å². The monoisotopic (exact) mass is 518 g/mol. The van der Waals surface area contributed by atoms with E-state index in [2.05, 4.69) is 100 Å². The maximum Gasteiger partial charge on any atom is 0.0252 e. The van der Waals surface area contributed by atoms with Crippen molar-refractivity contribution in [2.24, 2.45) is 0 Å². The van der Waals surface area contributed by atoms with Gasteiger partial charge in [0.25, 0.3) is 0 Å². The zero-order valence-electron chi connectivity index (χ0n) is 25.2. The number of hydrogen-bond acceptors (Lipinski definition) is 0. The average molecular weight is 519 g/mol. The maximum atomic E-state index is 3.52. The molecule has 0 unspecified atom stereocenters. The summed E-state index contributed by atoms with van der Waals surface area (Å²) in [7, 11) is 0. The number of rotatable bonds is 14. The number of unbranched alkanes of at least 4 members (excludes halogenated alkanes) is 10. The molecule has 0 radical (unpaired) electrons. The minimum atomic E-state index is 0.119. The van der Waals surface area contributed by atoms with Gasteiger partial charge in [0.05, 0.1) is 0 Å². The molecule has 0 amide bonds. The van der Waals surface area contributed by atoms with Crippen LogP contribution >= 0.6 is 0 Å². The molecule has 0 aromatic heterocycles. The Morgan fingerprint density at radius 1 is 0.487 bits per heavy atom. The molecule has 0 atom stereocenters. The fourth-order valence-electron chi connectivity index (χ4n) is 6.55. The fraction of sp³-hybridized carbons (Fsp3) is 0.487. The third-order valence-corrected chi connectivity index (χ3v) is 8.83. The Kier molecular flexibility index (Phi) is 10.9. The van der Waals surface area contributed by atoms with Gasteiger partial charge in [-0.05, 0) is 73.2 Å². The topological polar surface area (TPSA) is 0 Å². The first-order valence-corrected chi connectivity index (χ1v) is 15.9. The second kappa shape index (κ2) is 14.6. The van der Waals surface area contributed by atoms with Gasteiger partial charge in [0, 0.05) is 16.5 Å². The van der Waals surface area contributed by atoms with E-state index in [0.717, 1.165) is 11.1 Å². The predicted molar refractivity (Wildman–Crippen MR) is 171 cm³/mol. The molecule has 0 nitrogen and oxygen atoms in total. The van der Waals surface area contributed by atoms with E-state index in [4.69, 9.17) is 0 Å². The number of aryl methyl sites for hydroxylation is 2. The first kappa shape index (κ1) is 29.2. The summed E-state index contributed by atoms with van der Waals surface area (Å²) < 4.78 is 0. The van der Waals surface area contributed by atoms with Crippen LogP contribution in [0.25, 0.3) is 11.1 Å². The van der Waals surface area contributed by atoms with Crippen molar-refractivity contribution in [3.8, 4) is 23.0 Å². The van der Waals surface area contributed by atoms with E-state index in [0.29, 0.717) is 0 Å². The van der Waals surface area contributed by atoms with Crippen LogP contribution in [0.5, 0.6) is 0 Å². The van der Waals surface area contributed by atoms with E-state index in [1.807, 2.05) is 0 Å². The molecule has 0 saturated heterocycles. The summed E-state index contributed by atoms with van der Waals surface area (Å²) in [6.45, 7) is 9.01. The van der Waals surface area contributed by atoms with Crippen molar-refractivity contribution in [1.29, 1.82) is 0 Å². The van der Waals surface area contributed by atoms with Gasteiger partial charge in [0.15, 0.2) is 0 Å². The SMILES string of the molecule is CCCCCCCCC1(CCCCCCCC)c2cc(C)ccc2-c2ccc(C#Cc3ccc(C)cc3)cc21. The van der Waals surface area contributed by atoms with Crippen molar-refractivity contribution in [2.45, 2.75) is 123 Å². The second-order valence-electron chi connectivity index (χ2n) is 12.0. The summed E-state index contributed by atoms with van der Waals surface area (Å²) in [5, 5.41) is 0. The zero-order chi connectivity index (χ0) is 27.5. The van der Waals surface area contributed by atoms with Gasteiger partial charge in [-0.15, -0.1) is 0 Å². The van der Waals surface area contributed by atoms with Crippen LogP contribution < -0.4 is 0 Å². The van der Waals surface area contributed by atoms with Gasteiger partial charge in [0.1, 0.15) is 0 Å². The van der Waals surface area contributed by atoms with Gasteiger partial charge in [-0.25, -0.2) is 0 Å². The van der Waals surface area contributed by atoms with Crippen molar-refractivity contribution in [1.82, 2.24) is 0 Å². The number of hydrogen-bond donors (Lipinski definition) is 0. The van der Waals surface area contributed by atoms with Crippen molar-refractivity contribution < 1.29 is 0 Å². The maximum absolute atomic E-state index is 3.52. The molecule has 0 bridgehead atoms. The van der Waals surface area contributed by atoms with Gasteiger partial charge in [-0.1, -0.05) is 150 Å². The Balaban J connectivity index is 1.67. The summed E-state index contributed by atoms with van der Waals surface area (Å²) in [6, 6.07) is 22.9. The minimum Gasteiger partial charge on any atom is -0.0654 e. The number of benzene rings is 3. The lowest BCUT2D eigenvalue weighted by molar-refractivity contribution is 0.397. The summed E-state index contributed by atoms with van der Waals surface area (Å²) in [6.07, 6.45) is 18.7. The van der Waals surface area contributed by atoms with Crippen LogP contribution in [0.4, 0.5) is 0 Å². The Morgan fingerprint density at radius 2 is 0.949 bits per heavy atom. The van der Waals surface area contributed by atoms with Gasteiger partial charge >= 0.3 is 0 Å². The first-order valence-electron chi connectivity index (χ1n) is 15.9. The highest BCUT2D eigenvalue weighted by Crippen LogP contribution is 2.54. The summed E-state index contributed by atoms with van der Waals surface area (Å²) in [4.78, 5) is 0. The highest BCUT2D eigenvalue weighted by molar-refractivity contribution is 5.82. The lowest BCUT2D eigenvalue weighted by atomic mass is 9.70. The largest absolute Gasteiger partial charge is 0.0654 e. The third-order valence-electron chi connectivity index (χ3n) is 8.83. The minimum absolute atomic E-state index is 0.119. The highest BCUT2D eigenvalue weighted by atomic mass is 14.4. The third kappa shape index (κ3) is 7.45. The Bertz CT molecular complexity index is 1230. The molecule has 0 heterocycles. The molecule has 0 aliphatic heterocycles. The van der Waals surface area contributed by atoms with Crippen LogP contribution in [0.15, 0.2) is 60.7 Å². The molecule has 1 aliphatic rings. The Morgan fingerprint density at radius 3 is 1.56 bits per heavy atom. The highest BCUT2D eigenvalue weighted by Gasteiger charge is 2.42. The molecule has 0 spiro atoms. The van der Waals surface area contributed by atoms with Crippen LogP contribution in [-0.4, -0.2) is 0 Å². The van der Waals surface area contributed by atoms with Gasteiger partial charge in [-0.3, -0.25) is 0 Å². The van der Waals surface area contributed by atoms with Crippen LogP contribution in [-0.2, 0) is 5.41 Å². The molecule has 3 aromatic carbocycles. The first-order chi connectivity index (χ1) is 19.1. The van der Waals surface area contributed by atoms with E-state index in [-0.39, 0.29) is 5.41 Å². The normalized spacial score (nSPS) is 13.0. The molecule has 0 N–H and O–H groups in total. The van der Waals surface area contributed by atoms with Crippen LogP contribution in [0.1, 0.15) is 137 Å². The molecular weight excluding hydrogens is 468 g/mol. The molecule has 3 aromatic rings. The molecule has 0 saturated carbocycles. The molecular formula is C39H50. The number of fused-ring (bicyclic) bond motifs is 3. The molecule has 39 heavy (non-hydrogen) atoms. The van der Waals surface area contributed by atoms with E-state index in [9.17, 15) is 0 Å². The van der Waals surface area contributed by atoms with E-state index >= 15 is 0 Å². The summed E-state index contributed by atoms with van der Waals surface area (Å²) >= 11 is 0. The molecule has 1 aliphatic carbocycles. The zero-order valence-corrected chi connectivity index (χ0v) is 25.2. The van der Waals surface area contributed by atoms with Gasteiger partial charge < -0.3 is 0 Å². The Labute approximate surface area is 239 Å². The lowest BCUT2D eigenvalue weighted by Crippen LogP contribution is -2.25. The van der Waals surface area contributed by atoms with E-state index in [1.165, 1.54) is 112 Å². The second-order valence-corrected chi connectivity index (χ2v) is 12.0. The molecule has 0 heteroatoms.